The molecule has 32 heavy (non-hydrogen) atoms. The van der Waals surface area contributed by atoms with Crippen molar-refractivity contribution < 1.29 is 23.5 Å². The zero-order valence-corrected chi connectivity index (χ0v) is 17.6. The van der Waals surface area contributed by atoms with E-state index in [4.69, 9.17) is 9.47 Å². The van der Waals surface area contributed by atoms with Gasteiger partial charge in [-0.15, -0.1) is 0 Å². The van der Waals surface area contributed by atoms with Gasteiger partial charge in [-0.1, -0.05) is 36.4 Å². The van der Waals surface area contributed by atoms with Gasteiger partial charge in [0, 0.05) is 11.3 Å². The van der Waals surface area contributed by atoms with Crippen molar-refractivity contribution in [3.8, 4) is 11.5 Å². The van der Waals surface area contributed by atoms with Crippen LogP contribution in [0.4, 0.5) is 15.8 Å². The van der Waals surface area contributed by atoms with Crippen LogP contribution in [0.1, 0.15) is 12.5 Å². The molecule has 0 saturated heterocycles. The highest BCUT2D eigenvalue weighted by Crippen LogP contribution is 2.40. The van der Waals surface area contributed by atoms with Gasteiger partial charge in [-0.25, -0.2) is 9.29 Å². The molecule has 6 nitrogen and oxygen atoms in total. The Morgan fingerprint density at radius 3 is 2.34 bits per heavy atom. The lowest BCUT2D eigenvalue weighted by atomic mass is 10.0. The van der Waals surface area contributed by atoms with Crippen LogP contribution in [0.2, 0.25) is 0 Å². The van der Waals surface area contributed by atoms with Crippen LogP contribution in [0, 0.1) is 5.82 Å². The molecule has 1 aliphatic rings. The SMILES string of the molecule is CCOc1ccccc1N1C(=O)C(Nc2cccc(F)c2)=C(c2ccccc2OC)C1=O. The number of halogens is 1. The van der Waals surface area contributed by atoms with E-state index in [1.165, 1.54) is 25.3 Å². The number of amides is 2. The first-order valence-electron chi connectivity index (χ1n) is 10.1. The van der Waals surface area contributed by atoms with Crippen LogP contribution >= 0.6 is 0 Å². The van der Waals surface area contributed by atoms with E-state index in [0.29, 0.717) is 35.0 Å². The number of hydrogen-bond acceptors (Lipinski definition) is 5. The van der Waals surface area contributed by atoms with E-state index in [2.05, 4.69) is 5.32 Å². The fourth-order valence-electron chi connectivity index (χ4n) is 3.60. The molecule has 0 spiro atoms. The molecular weight excluding hydrogens is 411 g/mol. The molecule has 0 bridgehead atoms. The van der Waals surface area contributed by atoms with Crippen LogP contribution in [0.3, 0.4) is 0 Å². The molecule has 3 aromatic carbocycles. The third-order valence-corrected chi connectivity index (χ3v) is 4.96. The first kappa shape index (κ1) is 21.1. The Labute approximate surface area is 184 Å². The smallest absolute Gasteiger partial charge is 0.282 e. The molecule has 0 unspecified atom stereocenters. The van der Waals surface area contributed by atoms with Crippen molar-refractivity contribution in [2.75, 3.05) is 23.9 Å². The summed E-state index contributed by atoms with van der Waals surface area (Å²) in [7, 11) is 1.49. The molecule has 0 fully saturated rings. The van der Waals surface area contributed by atoms with Crippen LogP contribution in [0.15, 0.2) is 78.5 Å². The number of nitrogens with zero attached hydrogens (tertiary/aromatic N) is 1. The minimum atomic E-state index is -0.577. The molecule has 0 atom stereocenters. The number of benzene rings is 3. The Bertz CT molecular complexity index is 1220. The monoisotopic (exact) mass is 432 g/mol. The van der Waals surface area contributed by atoms with Crippen LogP contribution in [-0.4, -0.2) is 25.5 Å². The number of methoxy groups -OCH3 is 1. The maximum absolute atomic E-state index is 13.8. The van der Waals surface area contributed by atoms with Crippen molar-refractivity contribution in [1.29, 1.82) is 0 Å². The minimum absolute atomic E-state index is 0.0244. The van der Waals surface area contributed by atoms with Crippen molar-refractivity contribution in [3.05, 3.63) is 89.9 Å². The van der Waals surface area contributed by atoms with Crippen molar-refractivity contribution in [2.24, 2.45) is 0 Å². The van der Waals surface area contributed by atoms with Gasteiger partial charge >= 0.3 is 0 Å². The van der Waals surface area contributed by atoms with Gasteiger partial charge in [-0.2, -0.15) is 0 Å². The average molecular weight is 432 g/mol. The van der Waals surface area contributed by atoms with Gasteiger partial charge in [0.15, 0.2) is 0 Å². The number of nitrogens with one attached hydrogen (secondary N) is 1. The van der Waals surface area contributed by atoms with Crippen LogP contribution in [0.25, 0.3) is 5.57 Å². The molecule has 1 heterocycles. The van der Waals surface area contributed by atoms with Crippen LogP contribution < -0.4 is 19.7 Å². The summed E-state index contributed by atoms with van der Waals surface area (Å²) in [5, 5.41) is 2.94. The van der Waals surface area contributed by atoms with E-state index in [9.17, 15) is 14.0 Å². The van der Waals surface area contributed by atoms with E-state index in [1.807, 2.05) is 6.92 Å². The summed E-state index contributed by atoms with van der Waals surface area (Å²) in [5.41, 5.74) is 1.27. The minimum Gasteiger partial charge on any atom is -0.496 e. The maximum atomic E-state index is 13.8. The largest absolute Gasteiger partial charge is 0.496 e. The summed E-state index contributed by atoms with van der Waals surface area (Å²) in [6.07, 6.45) is 0. The van der Waals surface area contributed by atoms with Gasteiger partial charge in [0.2, 0.25) is 0 Å². The summed E-state index contributed by atoms with van der Waals surface area (Å²) >= 11 is 0. The molecule has 3 aromatic rings. The van der Waals surface area contributed by atoms with E-state index >= 15 is 0 Å². The Morgan fingerprint density at radius 2 is 1.62 bits per heavy atom. The molecule has 0 aliphatic carbocycles. The number of imide groups is 1. The molecule has 4 rings (SSSR count). The Morgan fingerprint density at radius 1 is 0.906 bits per heavy atom. The third kappa shape index (κ3) is 3.80. The van der Waals surface area contributed by atoms with E-state index in [1.54, 1.807) is 54.6 Å². The number of hydrogen-bond donors (Lipinski definition) is 1. The summed E-state index contributed by atoms with van der Waals surface area (Å²) in [4.78, 5) is 28.2. The number of carbonyl (C=O) groups is 2. The lowest BCUT2D eigenvalue weighted by Gasteiger charge is -2.19. The van der Waals surface area contributed by atoms with Gasteiger partial charge in [0.25, 0.3) is 11.8 Å². The molecule has 2 amide bonds. The van der Waals surface area contributed by atoms with Crippen LogP contribution in [0.5, 0.6) is 11.5 Å². The second kappa shape index (κ2) is 8.93. The lowest BCUT2D eigenvalue weighted by Crippen LogP contribution is -2.32. The predicted molar refractivity (Wildman–Crippen MR) is 120 cm³/mol. The number of para-hydroxylation sites is 3. The highest BCUT2D eigenvalue weighted by molar-refractivity contribution is 6.46. The standard InChI is InChI=1S/C25H21FN2O4/c1-3-32-21-14-7-5-12-19(21)28-24(29)22(18-11-4-6-13-20(18)31-2)23(25(28)30)27-17-10-8-9-16(26)15-17/h4-15,27H,3H2,1-2H3. The number of ether oxygens (including phenoxy) is 2. The molecule has 7 heteroatoms. The molecule has 0 saturated carbocycles. The van der Waals surface area contributed by atoms with Crippen molar-refractivity contribution >= 4 is 28.8 Å². The molecule has 162 valence electrons. The van der Waals surface area contributed by atoms with Gasteiger partial charge in [0.05, 0.1) is 25.0 Å². The number of rotatable bonds is 7. The fraction of sp³-hybridized carbons (Fsp3) is 0.120. The van der Waals surface area contributed by atoms with Crippen molar-refractivity contribution in [2.45, 2.75) is 6.92 Å². The van der Waals surface area contributed by atoms with Gasteiger partial charge < -0.3 is 14.8 Å². The normalized spacial score (nSPS) is 13.5. The topological polar surface area (TPSA) is 67.9 Å². The second-order valence-electron chi connectivity index (χ2n) is 6.93. The summed E-state index contributed by atoms with van der Waals surface area (Å²) in [5.74, 6) is -0.743. The number of carbonyl (C=O) groups excluding carboxylic acids is 2. The van der Waals surface area contributed by atoms with E-state index in [0.717, 1.165) is 4.90 Å². The molecular formula is C25H21FN2O4. The zero-order chi connectivity index (χ0) is 22.7. The molecule has 0 aromatic heterocycles. The summed E-state index contributed by atoms with van der Waals surface area (Å²) < 4.78 is 24.9. The quantitative estimate of drug-likeness (QED) is 0.552. The second-order valence-corrected chi connectivity index (χ2v) is 6.93. The molecule has 1 aliphatic heterocycles. The van der Waals surface area contributed by atoms with Crippen molar-refractivity contribution in [1.82, 2.24) is 0 Å². The zero-order valence-electron chi connectivity index (χ0n) is 17.6. The van der Waals surface area contributed by atoms with Gasteiger partial charge in [0.1, 0.15) is 23.0 Å². The summed E-state index contributed by atoms with van der Waals surface area (Å²) in [6.45, 7) is 2.19. The number of anilines is 2. The van der Waals surface area contributed by atoms with Crippen molar-refractivity contribution in [3.63, 3.8) is 0 Å². The highest BCUT2D eigenvalue weighted by atomic mass is 19.1. The first-order chi connectivity index (χ1) is 15.5. The van der Waals surface area contributed by atoms with Crippen LogP contribution in [-0.2, 0) is 9.59 Å². The Hall–Kier alpha value is -4.13. The van der Waals surface area contributed by atoms with Gasteiger partial charge in [-0.3, -0.25) is 9.59 Å². The van der Waals surface area contributed by atoms with E-state index < -0.39 is 17.6 Å². The molecule has 0 radical (unpaired) electrons. The Balaban J connectivity index is 1.87. The fourth-order valence-corrected chi connectivity index (χ4v) is 3.60. The maximum Gasteiger partial charge on any atom is 0.282 e. The predicted octanol–water partition coefficient (Wildman–Crippen LogP) is 4.63. The molecule has 1 N–H and O–H groups in total. The first-order valence-corrected chi connectivity index (χ1v) is 10.1. The average Bonchev–Trinajstić information content (AvgIpc) is 3.03. The van der Waals surface area contributed by atoms with E-state index in [-0.39, 0.29) is 11.3 Å². The third-order valence-electron chi connectivity index (χ3n) is 4.96. The summed E-state index contributed by atoms with van der Waals surface area (Å²) in [6, 6.07) is 19.4. The highest BCUT2D eigenvalue weighted by Gasteiger charge is 2.42. The lowest BCUT2D eigenvalue weighted by molar-refractivity contribution is -0.120. The Kier molecular flexibility index (Phi) is 5.89. The van der Waals surface area contributed by atoms with Gasteiger partial charge in [-0.05, 0) is 43.3 Å².